The van der Waals surface area contributed by atoms with Crippen LogP contribution in [0.4, 0.5) is 5.69 Å². The lowest BCUT2D eigenvalue weighted by atomic mass is 9.98. The second-order valence-corrected chi connectivity index (χ2v) is 5.94. The molecule has 4 rings (SSSR count). The van der Waals surface area contributed by atoms with Gasteiger partial charge in [0.25, 0.3) is 5.56 Å². The third kappa shape index (κ3) is 2.39. The maximum Gasteiger partial charge on any atom is 0.335 e. The van der Waals surface area contributed by atoms with Crippen molar-refractivity contribution in [2.24, 2.45) is 4.99 Å². The Bertz CT molecular complexity index is 1180. The zero-order valence-electron chi connectivity index (χ0n) is 13.9. The summed E-state index contributed by atoms with van der Waals surface area (Å²) >= 11 is 0. The van der Waals surface area contributed by atoms with Crippen molar-refractivity contribution < 1.29 is 5.11 Å². The van der Waals surface area contributed by atoms with Crippen LogP contribution in [0.15, 0.2) is 69.2 Å². The number of aromatic amines is 1. The highest BCUT2D eigenvalue weighted by Crippen LogP contribution is 2.36. The SMILES string of the molecule is CC(=C1C=Nc2ccccc21)c1c(O)n(-c2ccccc2)c(=O)[nH]c1=O. The molecule has 2 N–H and O–H groups in total. The molecular formula is C20H15N3O3. The number of fused-ring (bicyclic) bond motifs is 1. The number of aliphatic imine (C=N–C) groups is 1. The standard InChI is InChI=1S/C20H15N3O3/c1-12(15-11-21-16-10-6-5-9-14(15)16)17-18(24)22-20(26)23(19(17)25)13-7-3-2-4-8-13/h2-11,25H,1H3,(H,22,24,26). The van der Waals surface area contributed by atoms with E-state index in [0.717, 1.165) is 21.4 Å². The summed E-state index contributed by atoms with van der Waals surface area (Å²) in [4.78, 5) is 31.3. The van der Waals surface area contributed by atoms with Crippen LogP contribution in [0.5, 0.6) is 5.88 Å². The highest BCUT2D eigenvalue weighted by Gasteiger charge is 2.21. The van der Waals surface area contributed by atoms with Crippen molar-refractivity contribution in [3.05, 3.63) is 86.6 Å². The van der Waals surface area contributed by atoms with Crippen molar-refractivity contribution in [1.29, 1.82) is 0 Å². The van der Waals surface area contributed by atoms with Gasteiger partial charge in [0, 0.05) is 17.4 Å². The van der Waals surface area contributed by atoms with Crippen LogP contribution in [0.2, 0.25) is 0 Å². The van der Waals surface area contributed by atoms with Crippen molar-refractivity contribution in [3.8, 4) is 11.6 Å². The van der Waals surface area contributed by atoms with Gasteiger partial charge in [-0.3, -0.25) is 14.8 Å². The molecule has 0 saturated heterocycles. The first-order valence-electron chi connectivity index (χ1n) is 8.06. The quantitative estimate of drug-likeness (QED) is 0.749. The van der Waals surface area contributed by atoms with Gasteiger partial charge in [-0.25, -0.2) is 9.36 Å². The predicted octanol–water partition coefficient (Wildman–Crippen LogP) is 2.88. The van der Waals surface area contributed by atoms with Gasteiger partial charge in [-0.2, -0.15) is 0 Å². The van der Waals surface area contributed by atoms with Gasteiger partial charge in [-0.1, -0.05) is 36.4 Å². The van der Waals surface area contributed by atoms with Crippen molar-refractivity contribution >= 4 is 23.0 Å². The molecular weight excluding hydrogens is 330 g/mol. The first kappa shape index (κ1) is 15.8. The number of benzene rings is 2. The average Bonchev–Trinajstić information content (AvgIpc) is 3.06. The molecule has 0 radical (unpaired) electrons. The molecule has 0 saturated carbocycles. The van der Waals surface area contributed by atoms with Crippen LogP contribution in [0, 0.1) is 0 Å². The second kappa shape index (κ2) is 6.00. The highest BCUT2D eigenvalue weighted by atomic mass is 16.3. The Morgan fingerprint density at radius 3 is 2.50 bits per heavy atom. The van der Waals surface area contributed by atoms with Crippen molar-refractivity contribution in [2.75, 3.05) is 0 Å². The lowest BCUT2D eigenvalue weighted by Crippen LogP contribution is -2.31. The fourth-order valence-corrected chi connectivity index (χ4v) is 3.13. The van der Waals surface area contributed by atoms with Crippen LogP contribution < -0.4 is 11.2 Å². The van der Waals surface area contributed by atoms with E-state index in [4.69, 9.17) is 0 Å². The summed E-state index contributed by atoms with van der Waals surface area (Å²) in [6, 6.07) is 16.2. The Kier molecular flexibility index (Phi) is 3.65. The second-order valence-electron chi connectivity index (χ2n) is 5.94. The number of aromatic nitrogens is 2. The zero-order chi connectivity index (χ0) is 18.3. The van der Waals surface area contributed by atoms with Gasteiger partial charge in [0.05, 0.1) is 11.4 Å². The lowest BCUT2D eigenvalue weighted by Gasteiger charge is -2.13. The molecule has 0 bridgehead atoms. The molecule has 0 unspecified atom stereocenters. The molecule has 26 heavy (non-hydrogen) atoms. The number of para-hydroxylation sites is 2. The number of aromatic hydroxyl groups is 1. The fraction of sp³-hybridized carbons (Fsp3) is 0.0500. The molecule has 2 heterocycles. The summed E-state index contributed by atoms with van der Waals surface area (Å²) < 4.78 is 1.08. The summed E-state index contributed by atoms with van der Waals surface area (Å²) in [5, 5.41) is 10.7. The van der Waals surface area contributed by atoms with Gasteiger partial charge >= 0.3 is 5.69 Å². The molecule has 1 aliphatic rings. The zero-order valence-corrected chi connectivity index (χ0v) is 13.9. The monoisotopic (exact) mass is 345 g/mol. The van der Waals surface area contributed by atoms with Crippen LogP contribution >= 0.6 is 0 Å². The first-order valence-corrected chi connectivity index (χ1v) is 8.06. The van der Waals surface area contributed by atoms with Gasteiger partial charge in [0.1, 0.15) is 5.56 Å². The van der Waals surface area contributed by atoms with Crippen LogP contribution in [0.25, 0.3) is 16.8 Å². The third-order valence-electron chi connectivity index (χ3n) is 4.41. The molecule has 1 aliphatic heterocycles. The number of hydrogen-bond donors (Lipinski definition) is 2. The maximum absolute atomic E-state index is 12.4. The Labute approximate surface area is 148 Å². The van der Waals surface area contributed by atoms with Gasteiger partial charge in [-0.15, -0.1) is 0 Å². The van der Waals surface area contributed by atoms with E-state index >= 15 is 0 Å². The van der Waals surface area contributed by atoms with Crippen molar-refractivity contribution in [3.63, 3.8) is 0 Å². The van der Waals surface area contributed by atoms with Crippen molar-refractivity contribution in [2.45, 2.75) is 6.92 Å². The number of allylic oxidation sites excluding steroid dienone is 2. The van der Waals surface area contributed by atoms with E-state index in [1.54, 1.807) is 43.5 Å². The van der Waals surface area contributed by atoms with E-state index in [1.165, 1.54) is 0 Å². The minimum Gasteiger partial charge on any atom is -0.494 e. The molecule has 1 aromatic heterocycles. The minimum atomic E-state index is -0.694. The van der Waals surface area contributed by atoms with E-state index in [1.807, 2.05) is 24.3 Å². The summed E-state index contributed by atoms with van der Waals surface area (Å²) in [7, 11) is 0. The van der Waals surface area contributed by atoms with E-state index in [-0.39, 0.29) is 5.56 Å². The molecule has 0 atom stereocenters. The third-order valence-corrected chi connectivity index (χ3v) is 4.41. The number of hydrogen-bond acceptors (Lipinski definition) is 4. The van der Waals surface area contributed by atoms with Crippen LogP contribution in [0.3, 0.4) is 0 Å². The van der Waals surface area contributed by atoms with Gasteiger partial charge in [0.15, 0.2) is 0 Å². The Morgan fingerprint density at radius 2 is 1.73 bits per heavy atom. The Hall–Kier alpha value is -3.67. The van der Waals surface area contributed by atoms with Crippen LogP contribution in [0.1, 0.15) is 18.1 Å². The predicted molar refractivity (Wildman–Crippen MR) is 101 cm³/mol. The van der Waals surface area contributed by atoms with E-state index in [0.29, 0.717) is 11.3 Å². The topological polar surface area (TPSA) is 87.4 Å². The van der Waals surface area contributed by atoms with Crippen molar-refractivity contribution in [1.82, 2.24) is 9.55 Å². The molecule has 0 aliphatic carbocycles. The number of H-pyrrole nitrogens is 1. The van der Waals surface area contributed by atoms with Crippen LogP contribution in [-0.2, 0) is 0 Å². The maximum atomic E-state index is 12.4. The minimum absolute atomic E-state index is 0.0478. The number of nitrogens with zero attached hydrogens (tertiary/aromatic N) is 2. The molecule has 6 heteroatoms. The van der Waals surface area contributed by atoms with Gasteiger partial charge in [0.2, 0.25) is 5.88 Å². The lowest BCUT2D eigenvalue weighted by molar-refractivity contribution is 0.429. The number of rotatable bonds is 2. The largest absolute Gasteiger partial charge is 0.494 e. The van der Waals surface area contributed by atoms with Gasteiger partial charge < -0.3 is 5.11 Å². The smallest absolute Gasteiger partial charge is 0.335 e. The first-order chi connectivity index (χ1) is 12.6. The van der Waals surface area contributed by atoms with Gasteiger partial charge in [-0.05, 0) is 30.7 Å². The fourth-order valence-electron chi connectivity index (χ4n) is 3.13. The average molecular weight is 345 g/mol. The Balaban J connectivity index is 2.00. The van der Waals surface area contributed by atoms with E-state index < -0.39 is 17.1 Å². The number of nitrogens with one attached hydrogen (secondary N) is 1. The molecule has 3 aromatic rings. The molecule has 128 valence electrons. The summed E-state index contributed by atoms with van der Waals surface area (Å²) in [6.45, 7) is 1.73. The molecule has 6 nitrogen and oxygen atoms in total. The molecule has 0 amide bonds. The Morgan fingerprint density at radius 1 is 1.04 bits per heavy atom. The summed E-state index contributed by atoms with van der Waals surface area (Å²) in [5.41, 5.74) is 2.14. The molecule has 0 spiro atoms. The molecule has 0 fully saturated rings. The van der Waals surface area contributed by atoms with Crippen LogP contribution in [-0.4, -0.2) is 20.9 Å². The molecule has 2 aromatic carbocycles. The highest BCUT2D eigenvalue weighted by molar-refractivity contribution is 6.24. The normalized spacial score (nSPS) is 14.3. The van der Waals surface area contributed by atoms with E-state index in [9.17, 15) is 14.7 Å². The van der Waals surface area contributed by atoms with E-state index in [2.05, 4.69) is 9.98 Å². The summed E-state index contributed by atoms with van der Waals surface area (Å²) in [5.74, 6) is -0.396. The summed E-state index contributed by atoms with van der Waals surface area (Å²) in [6.07, 6.45) is 1.66.